The van der Waals surface area contributed by atoms with Crippen LogP contribution in [0.4, 0.5) is 0 Å². The zero-order valence-corrected chi connectivity index (χ0v) is 13.6. The van der Waals surface area contributed by atoms with Gasteiger partial charge in [-0.05, 0) is 38.6 Å². The first-order valence-electron chi connectivity index (χ1n) is 6.99. The van der Waals surface area contributed by atoms with E-state index in [9.17, 15) is 9.90 Å². The lowest BCUT2D eigenvalue weighted by atomic mass is 10.1. The molecule has 0 heterocycles. The Bertz CT molecular complexity index is 469. The van der Waals surface area contributed by atoms with Crippen molar-refractivity contribution in [2.24, 2.45) is 0 Å². The topological polar surface area (TPSA) is 53.0 Å². The second kappa shape index (κ2) is 7.43. The highest BCUT2D eigenvalue weighted by molar-refractivity contribution is 5.78. The van der Waals surface area contributed by atoms with Crippen molar-refractivity contribution in [2.75, 3.05) is 34.3 Å². The van der Waals surface area contributed by atoms with Gasteiger partial charge in [0.15, 0.2) is 0 Å². The first kappa shape index (κ1) is 17.5. The zero-order chi connectivity index (χ0) is 16.0. The Balaban J connectivity index is 2.54. The molecular formula is C16H26N2O3. The Hall–Kier alpha value is -1.59. The van der Waals surface area contributed by atoms with Gasteiger partial charge in [0.2, 0.25) is 5.91 Å². The summed E-state index contributed by atoms with van der Waals surface area (Å²) in [5, 5.41) is 9.75. The highest BCUT2D eigenvalue weighted by Gasteiger charge is 2.19. The molecule has 0 aliphatic heterocycles. The van der Waals surface area contributed by atoms with Gasteiger partial charge in [0.25, 0.3) is 0 Å². The Kier molecular flexibility index (Phi) is 6.18. The zero-order valence-electron chi connectivity index (χ0n) is 13.6. The predicted molar refractivity (Wildman–Crippen MR) is 83.3 cm³/mol. The van der Waals surface area contributed by atoms with E-state index in [-0.39, 0.29) is 12.5 Å². The number of carbonyl (C=O) groups excluding carboxylic acids is 1. The Labute approximate surface area is 127 Å². The Morgan fingerprint density at radius 1 is 1.33 bits per heavy atom. The summed E-state index contributed by atoms with van der Waals surface area (Å²) < 4.78 is 5.18. The van der Waals surface area contributed by atoms with Crippen LogP contribution in [0.2, 0.25) is 0 Å². The fourth-order valence-electron chi connectivity index (χ4n) is 2.20. The van der Waals surface area contributed by atoms with Gasteiger partial charge in [0.05, 0.1) is 19.3 Å². The van der Waals surface area contributed by atoms with E-state index in [1.54, 1.807) is 32.9 Å². The third-order valence-corrected chi connectivity index (χ3v) is 3.04. The lowest BCUT2D eigenvalue weighted by Crippen LogP contribution is -2.42. The minimum Gasteiger partial charge on any atom is -0.497 e. The summed E-state index contributed by atoms with van der Waals surface area (Å²) in [5.74, 6) is 0.803. The number of amides is 1. The molecule has 0 saturated carbocycles. The summed E-state index contributed by atoms with van der Waals surface area (Å²) in [4.78, 5) is 15.7. The Morgan fingerprint density at radius 3 is 2.57 bits per heavy atom. The second-order valence-electron chi connectivity index (χ2n) is 6.09. The molecule has 0 bridgehead atoms. The van der Waals surface area contributed by atoms with E-state index in [1.807, 2.05) is 36.2 Å². The van der Waals surface area contributed by atoms with Crippen molar-refractivity contribution in [1.82, 2.24) is 9.80 Å². The average molecular weight is 294 g/mol. The summed E-state index contributed by atoms with van der Waals surface area (Å²) in [6.45, 7) is 4.73. The number of nitrogens with zero attached hydrogens (tertiary/aromatic N) is 2. The molecule has 0 saturated heterocycles. The van der Waals surface area contributed by atoms with Crippen LogP contribution in [-0.2, 0) is 11.3 Å². The molecule has 0 atom stereocenters. The van der Waals surface area contributed by atoms with Crippen LogP contribution in [0.15, 0.2) is 24.3 Å². The van der Waals surface area contributed by atoms with Crippen LogP contribution in [-0.4, -0.2) is 60.7 Å². The van der Waals surface area contributed by atoms with Crippen molar-refractivity contribution < 1.29 is 14.6 Å². The average Bonchev–Trinajstić information content (AvgIpc) is 2.36. The van der Waals surface area contributed by atoms with E-state index in [4.69, 9.17) is 4.74 Å². The molecule has 0 unspecified atom stereocenters. The first-order chi connectivity index (χ1) is 9.71. The molecule has 5 heteroatoms. The summed E-state index contributed by atoms with van der Waals surface area (Å²) in [5.41, 5.74) is 0.218. The van der Waals surface area contributed by atoms with Crippen LogP contribution in [0.1, 0.15) is 19.4 Å². The number of rotatable bonds is 7. The predicted octanol–water partition coefficient (Wildman–Crippen LogP) is 1.36. The number of aliphatic hydroxyl groups is 1. The normalized spacial score (nSPS) is 11.6. The molecule has 5 nitrogen and oxygen atoms in total. The SMILES string of the molecule is COc1cccc(CN(C)C(=O)CN(C)CC(C)(C)O)c1. The standard InChI is InChI=1S/C16H26N2O3/c1-16(2,20)12-17(3)11-15(19)18(4)10-13-7-6-8-14(9-13)21-5/h6-9,20H,10-12H2,1-5H3. The number of ether oxygens (including phenoxy) is 1. The van der Waals surface area contributed by atoms with E-state index in [2.05, 4.69) is 0 Å². The fraction of sp³-hybridized carbons (Fsp3) is 0.562. The molecule has 0 aromatic heterocycles. The monoisotopic (exact) mass is 294 g/mol. The highest BCUT2D eigenvalue weighted by atomic mass is 16.5. The summed E-state index contributed by atoms with van der Waals surface area (Å²) in [7, 11) is 5.23. The van der Waals surface area contributed by atoms with Crippen molar-refractivity contribution in [3.63, 3.8) is 0 Å². The molecule has 1 rings (SSSR count). The van der Waals surface area contributed by atoms with Crippen molar-refractivity contribution in [1.29, 1.82) is 0 Å². The highest BCUT2D eigenvalue weighted by Crippen LogP contribution is 2.14. The van der Waals surface area contributed by atoms with E-state index in [0.29, 0.717) is 13.1 Å². The molecule has 21 heavy (non-hydrogen) atoms. The number of benzene rings is 1. The van der Waals surface area contributed by atoms with Gasteiger partial charge >= 0.3 is 0 Å². The first-order valence-corrected chi connectivity index (χ1v) is 6.99. The largest absolute Gasteiger partial charge is 0.497 e. The van der Waals surface area contributed by atoms with Gasteiger partial charge in [-0.15, -0.1) is 0 Å². The van der Waals surface area contributed by atoms with Crippen LogP contribution in [0.3, 0.4) is 0 Å². The molecule has 1 aromatic carbocycles. The van der Waals surface area contributed by atoms with Gasteiger partial charge in [0.1, 0.15) is 5.75 Å². The molecule has 0 aliphatic rings. The minimum atomic E-state index is -0.805. The molecular weight excluding hydrogens is 268 g/mol. The maximum absolute atomic E-state index is 12.2. The van der Waals surface area contributed by atoms with Gasteiger partial charge in [-0.25, -0.2) is 0 Å². The molecule has 0 fully saturated rings. The molecule has 1 N–H and O–H groups in total. The second-order valence-corrected chi connectivity index (χ2v) is 6.09. The van der Waals surface area contributed by atoms with E-state index >= 15 is 0 Å². The molecule has 0 aliphatic carbocycles. The van der Waals surface area contributed by atoms with Crippen molar-refractivity contribution in [3.8, 4) is 5.75 Å². The van der Waals surface area contributed by atoms with E-state index < -0.39 is 5.60 Å². The summed E-state index contributed by atoms with van der Waals surface area (Å²) >= 11 is 0. The molecule has 0 spiro atoms. The summed E-state index contributed by atoms with van der Waals surface area (Å²) in [6, 6.07) is 7.67. The van der Waals surface area contributed by atoms with E-state index in [1.165, 1.54) is 0 Å². The van der Waals surface area contributed by atoms with Crippen molar-refractivity contribution >= 4 is 5.91 Å². The van der Waals surface area contributed by atoms with Crippen LogP contribution in [0.25, 0.3) is 0 Å². The van der Waals surface area contributed by atoms with Gasteiger partial charge < -0.3 is 14.7 Å². The van der Waals surface area contributed by atoms with Crippen LogP contribution >= 0.6 is 0 Å². The minimum absolute atomic E-state index is 0.0181. The van der Waals surface area contributed by atoms with Gasteiger partial charge in [-0.3, -0.25) is 9.69 Å². The van der Waals surface area contributed by atoms with Crippen molar-refractivity contribution in [2.45, 2.75) is 26.0 Å². The van der Waals surface area contributed by atoms with Crippen LogP contribution in [0.5, 0.6) is 5.75 Å². The number of hydrogen-bond donors (Lipinski definition) is 1. The van der Waals surface area contributed by atoms with E-state index in [0.717, 1.165) is 11.3 Å². The number of likely N-dealkylation sites (N-methyl/N-ethyl adjacent to an activating group) is 2. The quantitative estimate of drug-likeness (QED) is 0.825. The Morgan fingerprint density at radius 2 is 2.00 bits per heavy atom. The summed E-state index contributed by atoms with van der Waals surface area (Å²) in [6.07, 6.45) is 0. The molecule has 0 radical (unpaired) electrons. The molecule has 118 valence electrons. The smallest absolute Gasteiger partial charge is 0.236 e. The van der Waals surface area contributed by atoms with Gasteiger partial charge in [-0.2, -0.15) is 0 Å². The van der Waals surface area contributed by atoms with Gasteiger partial charge in [-0.1, -0.05) is 12.1 Å². The van der Waals surface area contributed by atoms with Crippen LogP contribution in [0, 0.1) is 0 Å². The van der Waals surface area contributed by atoms with Crippen LogP contribution < -0.4 is 4.74 Å². The third kappa shape index (κ3) is 6.60. The number of carbonyl (C=O) groups is 1. The maximum atomic E-state index is 12.2. The molecule has 1 aromatic rings. The van der Waals surface area contributed by atoms with Crippen molar-refractivity contribution in [3.05, 3.63) is 29.8 Å². The number of methoxy groups -OCH3 is 1. The fourth-order valence-corrected chi connectivity index (χ4v) is 2.20. The maximum Gasteiger partial charge on any atom is 0.236 e. The third-order valence-electron chi connectivity index (χ3n) is 3.04. The lowest BCUT2D eigenvalue weighted by Gasteiger charge is -2.27. The molecule has 1 amide bonds. The lowest BCUT2D eigenvalue weighted by molar-refractivity contribution is -0.131. The number of hydrogen-bond acceptors (Lipinski definition) is 4. The van der Waals surface area contributed by atoms with Gasteiger partial charge in [0, 0.05) is 20.1 Å².